The number of nitrogens with two attached hydrogens (primary N) is 1. The summed E-state index contributed by atoms with van der Waals surface area (Å²) >= 11 is 1.74. The molecule has 20 heavy (non-hydrogen) atoms. The van der Waals surface area contributed by atoms with Gasteiger partial charge in [-0.3, -0.25) is 4.79 Å². The molecule has 1 atom stereocenters. The van der Waals surface area contributed by atoms with Gasteiger partial charge in [0.25, 0.3) is 5.91 Å². The zero-order valence-electron chi connectivity index (χ0n) is 12.2. The lowest BCUT2D eigenvalue weighted by atomic mass is 10.1. The van der Waals surface area contributed by atoms with Crippen LogP contribution in [-0.2, 0) is 0 Å². The van der Waals surface area contributed by atoms with Gasteiger partial charge in [-0.25, -0.2) is 4.98 Å². The maximum absolute atomic E-state index is 12.3. The Bertz CT molecular complexity index is 628. The van der Waals surface area contributed by atoms with Crippen molar-refractivity contribution in [2.45, 2.75) is 33.7 Å². The summed E-state index contributed by atoms with van der Waals surface area (Å²) in [5.41, 5.74) is 8.13. The van der Waals surface area contributed by atoms with E-state index in [1.165, 1.54) is 15.3 Å². The number of carbonyl (C=O) groups is 1. The average Bonchev–Trinajstić information content (AvgIpc) is 2.67. The van der Waals surface area contributed by atoms with Crippen molar-refractivity contribution in [2.75, 3.05) is 5.73 Å². The third-order valence-electron chi connectivity index (χ3n) is 3.13. The van der Waals surface area contributed by atoms with Gasteiger partial charge in [0, 0.05) is 21.0 Å². The normalized spacial score (nSPS) is 12.2. The second-order valence-electron chi connectivity index (χ2n) is 4.99. The Kier molecular flexibility index (Phi) is 4.09. The Morgan fingerprint density at radius 1 is 1.30 bits per heavy atom. The molecule has 2 aromatic heterocycles. The number of carbonyl (C=O) groups excluding carboxylic acids is 1. The van der Waals surface area contributed by atoms with Crippen LogP contribution in [-0.4, -0.2) is 10.9 Å². The lowest BCUT2D eigenvalue weighted by Gasteiger charge is -2.14. The molecule has 0 radical (unpaired) electrons. The molecule has 5 heteroatoms. The van der Waals surface area contributed by atoms with Crippen LogP contribution in [0.3, 0.4) is 0 Å². The second kappa shape index (κ2) is 5.63. The summed E-state index contributed by atoms with van der Waals surface area (Å²) in [6.07, 6.45) is 0. The number of hydrogen-bond donors (Lipinski definition) is 2. The van der Waals surface area contributed by atoms with Crippen LogP contribution in [0.25, 0.3) is 0 Å². The maximum atomic E-state index is 12.3. The standard InChI is InChI=1S/C15H19N3OS/c1-8-5-12(7-14(16)17-8)15(19)18-10(3)13-6-9(2)20-11(13)4/h5-7,10H,1-4H3,(H2,16,17)(H,18,19). The minimum absolute atomic E-state index is 0.0258. The molecule has 106 valence electrons. The molecule has 0 bridgehead atoms. The molecule has 0 aromatic carbocycles. The molecule has 0 saturated heterocycles. The first kappa shape index (κ1) is 14.5. The zero-order chi connectivity index (χ0) is 14.9. The molecule has 0 spiro atoms. The highest BCUT2D eigenvalue weighted by molar-refractivity contribution is 7.12. The molecule has 0 aliphatic rings. The number of nitrogens with one attached hydrogen (secondary N) is 1. The van der Waals surface area contributed by atoms with Crippen LogP contribution < -0.4 is 11.1 Å². The second-order valence-corrected chi connectivity index (χ2v) is 6.45. The van der Waals surface area contributed by atoms with Crippen molar-refractivity contribution in [3.05, 3.63) is 44.8 Å². The SMILES string of the molecule is Cc1cc(C(=O)NC(C)c2cc(C)sc2C)cc(N)n1. The van der Waals surface area contributed by atoms with Crippen molar-refractivity contribution in [1.82, 2.24) is 10.3 Å². The van der Waals surface area contributed by atoms with Crippen molar-refractivity contribution in [3.8, 4) is 0 Å². The predicted octanol–water partition coefficient (Wildman–Crippen LogP) is 3.14. The van der Waals surface area contributed by atoms with E-state index >= 15 is 0 Å². The van der Waals surface area contributed by atoms with E-state index in [0.717, 1.165) is 5.69 Å². The lowest BCUT2D eigenvalue weighted by molar-refractivity contribution is 0.0939. The minimum atomic E-state index is -0.127. The van der Waals surface area contributed by atoms with Gasteiger partial charge in [-0.1, -0.05) is 0 Å². The molecule has 0 fully saturated rings. The van der Waals surface area contributed by atoms with Crippen LogP contribution in [0.2, 0.25) is 0 Å². The van der Waals surface area contributed by atoms with Gasteiger partial charge in [-0.05, 0) is 51.5 Å². The first-order chi connectivity index (χ1) is 9.36. The molecular weight excluding hydrogens is 270 g/mol. The van der Waals surface area contributed by atoms with Gasteiger partial charge in [0.05, 0.1) is 6.04 Å². The lowest BCUT2D eigenvalue weighted by Crippen LogP contribution is -2.27. The van der Waals surface area contributed by atoms with Gasteiger partial charge in [0.1, 0.15) is 5.82 Å². The summed E-state index contributed by atoms with van der Waals surface area (Å²) in [5, 5.41) is 3.01. The molecular formula is C15H19N3OS. The molecule has 2 rings (SSSR count). The van der Waals surface area contributed by atoms with E-state index in [1.807, 2.05) is 13.8 Å². The number of thiophene rings is 1. The van der Waals surface area contributed by atoms with Crippen LogP contribution in [0.4, 0.5) is 5.82 Å². The highest BCUT2D eigenvalue weighted by Crippen LogP contribution is 2.26. The summed E-state index contributed by atoms with van der Waals surface area (Å²) in [4.78, 5) is 18.8. The first-order valence-corrected chi connectivity index (χ1v) is 7.30. The van der Waals surface area contributed by atoms with E-state index in [-0.39, 0.29) is 11.9 Å². The predicted molar refractivity (Wildman–Crippen MR) is 83.1 cm³/mol. The third kappa shape index (κ3) is 3.17. The Balaban J connectivity index is 2.17. The monoisotopic (exact) mass is 289 g/mol. The van der Waals surface area contributed by atoms with Crippen LogP contribution in [0.15, 0.2) is 18.2 Å². The fourth-order valence-corrected chi connectivity index (χ4v) is 3.29. The highest BCUT2D eigenvalue weighted by Gasteiger charge is 2.15. The number of nitrogens with zero attached hydrogens (tertiary/aromatic N) is 1. The van der Waals surface area contributed by atoms with Gasteiger partial charge in [-0.15, -0.1) is 11.3 Å². The quantitative estimate of drug-likeness (QED) is 0.912. The number of hydrogen-bond acceptors (Lipinski definition) is 4. The summed E-state index contributed by atoms with van der Waals surface area (Å²) < 4.78 is 0. The summed E-state index contributed by atoms with van der Waals surface area (Å²) in [7, 11) is 0. The van der Waals surface area contributed by atoms with Crippen molar-refractivity contribution in [1.29, 1.82) is 0 Å². The first-order valence-electron chi connectivity index (χ1n) is 6.49. The molecule has 0 saturated carbocycles. The molecule has 1 amide bonds. The smallest absolute Gasteiger partial charge is 0.251 e. The van der Waals surface area contributed by atoms with Gasteiger partial charge in [-0.2, -0.15) is 0 Å². The number of amides is 1. The fraction of sp³-hybridized carbons (Fsp3) is 0.333. The van der Waals surface area contributed by atoms with Crippen molar-refractivity contribution >= 4 is 23.1 Å². The van der Waals surface area contributed by atoms with Crippen LogP contribution in [0, 0.1) is 20.8 Å². The van der Waals surface area contributed by atoms with Gasteiger partial charge in [0.15, 0.2) is 0 Å². The average molecular weight is 289 g/mol. The summed E-state index contributed by atoms with van der Waals surface area (Å²) in [5.74, 6) is 0.239. The number of rotatable bonds is 3. The number of pyridine rings is 1. The molecule has 1 unspecified atom stereocenters. The van der Waals surface area contributed by atoms with E-state index in [0.29, 0.717) is 11.4 Å². The van der Waals surface area contributed by atoms with Crippen LogP contribution in [0.5, 0.6) is 0 Å². The van der Waals surface area contributed by atoms with Crippen molar-refractivity contribution in [2.24, 2.45) is 0 Å². The Morgan fingerprint density at radius 2 is 2.00 bits per heavy atom. The van der Waals surface area contributed by atoms with E-state index in [4.69, 9.17) is 5.73 Å². The van der Waals surface area contributed by atoms with E-state index in [1.54, 1.807) is 23.5 Å². The number of aryl methyl sites for hydroxylation is 3. The van der Waals surface area contributed by atoms with Gasteiger partial charge in [0.2, 0.25) is 0 Å². The molecule has 0 aliphatic carbocycles. The molecule has 2 aromatic rings. The molecule has 0 aliphatic heterocycles. The topological polar surface area (TPSA) is 68.0 Å². The third-order valence-corrected chi connectivity index (χ3v) is 4.11. The largest absolute Gasteiger partial charge is 0.384 e. The Hall–Kier alpha value is -1.88. The molecule has 3 N–H and O–H groups in total. The zero-order valence-corrected chi connectivity index (χ0v) is 13.0. The fourth-order valence-electron chi connectivity index (χ4n) is 2.26. The Labute approximate surface area is 123 Å². The van der Waals surface area contributed by atoms with E-state index < -0.39 is 0 Å². The molecule has 4 nitrogen and oxygen atoms in total. The highest BCUT2D eigenvalue weighted by atomic mass is 32.1. The van der Waals surface area contributed by atoms with Gasteiger partial charge < -0.3 is 11.1 Å². The van der Waals surface area contributed by atoms with Crippen molar-refractivity contribution < 1.29 is 4.79 Å². The van der Waals surface area contributed by atoms with Gasteiger partial charge >= 0.3 is 0 Å². The number of nitrogen functional groups attached to an aromatic ring is 1. The number of aromatic nitrogens is 1. The molecule has 2 heterocycles. The van der Waals surface area contributed by atoms with Crippen LogP contribution in [0.1, 0.15) is 44.3 Å². The van der Waals surface area contributed by atoms with Crippen molar-refractivity contribution in [3.63, 3.8) is 0 Å². The summed E-state index contributed by atoms with van der Waals surface area (Å²) in [6, 6.07) is 5.43. The van der Waals surface area contributed by atoms with Crippen LogP contribution >= 0.6 is 11.3 Å². The van der Waals surface area contributed by atoms with E-state index in [9.17, 15) is 4.79 Å². The Morgan fingerprint density at radius 3 is 2.55 bits per heavy atom. The van der Waals surface area contributed by atoms with E-state index in [2.05, 4.69) is 30.2 Å². The minimum Gasteiger partial charge on any atom is -0.384 e. The number of anilines is 1. The maximum Gasteiger partial charge on any atom is 0.251 e. The summed E-state index contributed by atoms with van der Waals surface area (Å²) in [6.45, 7) is 7.96.